The van der Waals surface area contributed by atoms with Crippen molar-refractivity contribution in [3.8, 4) is 0 Å². The van der Waals surface area contributed by atoms with E-state index in [1.165, 1.54) is 22.3 Å². The number of carbonyl (C=O) groups excluding carboxylic acids is 1. The van der Waals surface area contributed by atoms with Crippen molar-refractivity contribution in [3.05, 3.63) is 28.3 Å². The topological polar surface area (TPSA) is 87.7 Å². The minimum atomic E-state index is -3.78. The maximum atomic E-state index is 12.7. The average Bonchev–Trinajstić information content (AvgIpc) is 3.37. The molecule has 2 fully saturated rings. The van der Waals surface area contributed by atoms with E-state index in [2.05, 4.69) is 34.9 Å². The normalized spacial score (nSPS) is 23.5. The number of hydrogen-bond donors (Lipinski definition) is 2. The Morgan fingerprint density at radius 3 is 2.38 bits per heavy atom. The van der Waals surface area contributed by atoms with Gasteiger partial charge in [-0.1, -0.05) is 6.07 Å². The molecule has 2 aliphatic heterocycles. The zero-order valence-electron chi connectivity index (χ0n) is 19.5. The van der Waals surface area contributed by atoms with Gasteiger partial charge < -0.3 is 10.1 Å². The van der Waals surface area contributed by atoms with Gasteiger partial charge in [0, 0.05) is 81.6 Å². The molecule has 2 saturated heterocycles. The van der Waals surface area contributed by atoms with Gasteiger partial charge in [0.25, 0.3) is 0 Å². The molecule has 9 heteroatoms. The first-order valence-electron chi connectivity index (χ1n) is 11.6. The monoisotopic (exact) mass is 486 g/mol. The fourth-order valence-corrected chi connectivity index (χ4v) is 7.06. The summed E-state index contributed by atoms with van der Waals surface area (Å²) in [6.07, 6.45) is 6.50. The number of carbonyl (C=O) groups is 1. The molecule has 0 aromatic heterocycles. The van der Waals surface area contributed by atoms with E-state index in [9.17, 15) is 13.2 Å². The fourth-order valence-electron chi connectivity index (χ4n) is 5.94. The van der Waals surface area contributed by atoms with E-state index in [1.54, 1.807) is 0 Å². The van der Waals surface area contributed by atoms with Gasteiger partial charge in [-0.05, 0) is 81.0 Å². The van der Waals surface area contributed by atoms with E-state index < -0.39 is 16.1 Å². The number of hydrogen-bond acceptors (Lipinski definition) is 5. The standard InChI is InChI=1S/C23H33N3O4S.K/c1-15(2)26-12-23(13-26)10-18(30-14-23)11-31(28,29)25-22(27)24-21-19-7-3-5-16(19)9-17-6-4-8-20(17)21;/h9,15,18H,3-8,10-14H2,1-2H3,(H2,24,25,27);. The maximum absolute atomic E-state index is 12.7. The number of likely N-dealkylation sites (tertiary alicyclic amines) is 1. The van der Waals surface area contributed by atoms with Crippen LogP contribution in [0.5, 0.6) is 0 Å². The van der Waals surface area contributed by atoms with Crippen LogP contribution in [0.1, 0.15) is 55.4 Å². The van der Waals surface area contributed by atoms with Crippen molar-refractivity contribution in [2.24, 2.45) is 5.41 Å². The fraction of sp³-hybridized carbons (Fsp3) is 0.696. The van der Waals surface area contributed by atoms with Crippen molar-refractivity contribution in [1.29, 1.82) is 0 Å². The molecule has 2 aliphatic carbocycles. The molecule has 171 valence electrons. The number of rotatable bonds is 5. The molecule has 2 N–H and O–H groups in total. The van der Waals surface area contributed by atoms with E-state index in [0.29, 0.717) is 12.6 Å². The summed E-state index contributed by atoms with van der Waals surface area (Å²) in [5, 5.41) is 2.90. The number of sulfonamides is 1. The molecule has 2 heterocycles. The molecule has 0 saturated carbocycles. The van der Waals surface area contributed by atoms with E-state index >= 15 is 0 Å². The largest absolute Gasteiger partial charge is 0.376 e. The van der Waals surface area contributed by atoms with E-state index in [1.807, 2.05) is 0 Å². The number of nitrogens with zero attached hydrogens (tertiary/aromatic N) is 1. The summed E-state index contributed by atoms with van der Waals surface area (Å²) < 4.78 is 33.4. The van der Waals surface area contributed by atoms with Gasteiger partial charge in [-0.25, -0.2) is 17.9 Å². The molecule has 7 nitrogen and oxygen atoms in total. The predicted molar refractivity (Wildman–Crippen MR) is 126 cm³/mol. The molecule has 1 unspecified atom stereocenters. The molecular weight excluding hydrogens is 453 g/mol. The summed E-state index contributed by atoms with van der Waals surface area (Å²) >= 11 is 0. The van der Waals surface area contributed by atoms with Crippen LogP contribution in [0.25, 0.3) is 0 Å². The molecule has 1 aromatic rings. The van der Waals surface area contributed by atoms with Gasteiger partial charge in [0.05, 0.1) is 18.5 Å². The quantitative estimate of drug-likeness (QED) is 0.624. The van der Waals surface area contributed by atoms with Crippen LogP contribution in [0.15, 0.2) is 6.07 Å². The first kappa shape index (κ1) is 25.1. The second-order valence-corrected chi connectivity index (χ2v) is 12.0. The summed E-state index contributed by atoms with van der Waals surface area (Å²) in [6, 6.07) is 2.13. The summed E-state index contributed by atoms with van der Waals surface area (Å²) in [6.45, 7) is 6.86. The van der Waals surface area contributed by atoms with Crippen molar-refractivity contribution in [2.45, 2.75) is 70.9 Å². The van der Waals surface area contributed by atoms with Gasteiger partial charge in [-0.3, -0.25) is 4.90 Å². The molecule has 1 spiro atoms. The third-order valence-electron chi connectivity index (χ3n) is 7.46. The van der Waals surface area contributed by atoms with Crippen LogP contribution in [0.2, 0.25) is 0 Å². The average molecular weight is 487 g/mol. The smallest absolute Gasteiger partial charge is 0.332 e. The summed E-state index contributed by atoms with van der Waals surface area (Å²) in [4.78, 5) is 15.0. The number of aryl methyl sites for hydroxylation is 2. The molecule has 1 radical (unpaired) electrons. The number of amides is 2. The Labute approximate surface area is 233 Å². The summed E-state index contributed by atoms with van der Waals surface area (Å²) in [7, 11) is -3.78. The van der Waals surface area contributed by atoms with Gasteiger partial charge in [0.2, 0.25) is 10.0 Å². The van der Waals surface area contributed by atoms with Crippen LogP contribution in [-0.2, 0) is 40.4 Å². The Kier molecular flexibility index (Phi) is 7.50. The Bertz CT molecular complexity index is 973. The third kappa shape index (κ3) is 5.00. The number of nitrogens with one attached hydrogen (secondary N) is 2. The predicted octanol–water partition coefficient (Wildman–Crippen LogP) is 2.23. The minimum absolute atomic E-state index is 0. The van der Waals surface area contributed by atoms with Gasteiger partial charge in [0.15, 0.2) is 0 Å². The molecule has 2 amide bonds. The number of benzene rings is 1. The van der Waals surface area contributed by atoms with E-state index in [0.717, 1.165) is 63.7 Å². The summed E-state index contributed by atoms with van der Waals surface area (Å²) in [5.41, 5.74) is 5.92. The third-order valence-corrected chi connectivity index (χ3v) is 8.77. The van der Waals surface area contributed by atoms with Crippen LogP contribution >= 0.6 is 0 Å². The maximum Gasteiger partial charge on any atom is 0.332 e. The Morgan fingerprint density at radius 2 is 1.78 bits per heavy atom. The van der Waals surface area contributed by atoms with Crippen LogP contribution in [0.4, 0.5) is 10.5 Å². The van der Waals surface area contributed by atoms with Crippen molar-refractivity contribution >= 4 is 73.1 Å². The number of urea groups is 1. The van der Waals surface area contributed by atoms with Gasteiger partial charge >= 0.3 is 6.03 Å². The molecule has 1 atom stereocenters. The van der Waals surface area contributed by atoms with Crippen molar-refractivity contribution < 1.29 is 17.9 Å². The van der Waals surface area contributed by atoms with Gasteiger partial charge in [0.1, 0.15) is 0 Å². The Balaban J connectivity index is 0.00000245. The van der Waals surface area contributed by atoms with Crippen molar-refractivity contribution in [2.75, 3.05) is 30.8 Å². The molecule has 1 aromatic carbocycles. The van der Waals surface area contributed by atoms with Gasteiger partial charge in [-0.2, -0.15) is 0 Å². The Hall–Kier alpha value is -0.00364. The van der Waals surface area contributed by atoms with Crippen LogP contribution in [-0.4, -0.2) is 108 Å². The van der Waals surface area contributed by atoms with Crippen LogP contribution in [0, 0.1) is 5.41 Å². The first-order valence-corrected chi connectivity index (χ1v) is 13.2. The van der Waals surface area contributed by atoms with E-state index in [-0.39, 0.29) is 68.7 Å². The van der Waals surface area contributed by atoms with Crippen LogP contribution in [0.3, 0.4) is 0 Å². The summed E-state index contributed by atoms with van der Waals surface area (Å²) in [5.74, 6) is -0.172. The van der Waals surface area contributed by atoms with Gasteiger partial charge in [-0.15, -0.1) is 0 Å². The molecule has 0 bridgehead atoms. The molecular formula is C23H33KN3O4S. The van der Waals surface area contributed by atoms with Crippen molar-refractivity contribution in [1.82, 2.24) is 9.62 Å². The number of fused-ring (bicyclic) bond motifs is 2. The van der Waals surface area contributed by atoms with Crippen molar-refractivity contribution in [3.63, 3.8) is 0 Å². The zero-order chi connectivity index (χ0) is 21.8. The molecule has 5 rings (SSSR count). The SMILES string of the molecule is CC(C)N1CC2(COC(CS(=O)(=O)NC(=O)Nc3c4c(cc5c3CCC5)CCC4)C2)C1.[K]. The molecule has 4 aliphatic rings. The molecule has 32 heavy (non-hydrogen) atoms. The number of ether oxygens (including phenoxy) is 1. The Morgan fingerprint density at radius 1 is 1.16 bits per heavy atom. The second-order valence-electron chi connectivity index (χ2n) is 10.2. The first-order chi connectivity index (χ1) is 14.7. The van der Waals surface area contributed by atoms with Crippen LogP contribution < -0.4 is 10.0 Å². The number of anilines is 1. The minimum Gasteiger partial charge on any atom is -0.376 e. The second kappa shape index (κ2) is 9.57. The zero-order valence-corrected chi connectivity index (χ0v) is 23.4. The van der Waals surface area contributed by atoms with E-state index in [4.69, 9.17) is 4.74 Å².